The lowest BCUT2D eigenvalue weighted by Crippen LogP contribution is -2.39. The van der Waals surface area contributed by atoms with Gasteiger partial charge in [0.2, 0.25) is 0 Å². The molecular weight excluding hydrogens is 420 g/mol. The Hall–Kier alpha value is -3.32. The lowest BCUT2D eigenvalue weighted by Gasteiger charge is -2.30. The van der Waals surface area contributed by atoms with E-state index < -0.39 is 0 Å². The first-order valence-electron chi connectivity index (χ1n) is 10.6. The van der Waals surface area contributed by atoms with Crippen LogP contribution in [0.1, 0.15) is 34.1 Å². The summed E-state index contributed by atoms with van der Waals surface area (Å²) in [5.74, 6) is 0.576. The predicted molar refractivity (Wildman–Crippen MR) is 131 cm³/mol. The minimum absolute atomic E-state index is 0.211. The van der Waals surface area contributed by atoms with Crippen molar-refractivity contribution in [2.75, 3.05) is 27.8 Å². The maximum absolute atomic E-state index is 13.1. The molecule has 164 valence electrons. The second-order valence-electron chi connectivity index (χ2n) is 7.71. The number of para-hydroxylation sites is 1. The van der Waals surface area contributed by atoms with E-state index in [1.165, 1.54) is 0 Å². The number of hydrogen-bond acceptors (Lipinski definition) is 4. The summed E-state index contributed by atoms with van der Waals surface area (Å²) >= 11 is 1.67. The summed E-state index contributed by atoms with van der Waals surface area (Å²) in [6, 6.07) is 16.5. The third-order valence-corrected chi connectivity index (χ3v) is 6.32. The number of amides is 3. The number of aryl methyl sites for hydroxylation is 3. The van der Waals surface area contributed by atoms with E-state index in [2.05, 4.69) is 22.5 Å². The average Bonchev–Trinajstić information content (AvgIpc) is 2.79. The molecule has 3 amide bonds. The summed E-state index contributed by atoms with van der Waals surface area (Å²) in [6.45, 7) is 6.61. The lowest BCUT2D eigenvalue weighted by molar-refractivity contribution is 0.102. The number of aromatic nitrogens is 1. The van der Waals surface area contributed by atoms with Gasteiger partial charge in [-0.3, -0.25) is 9.69 Å². The van der Waals surface area contributed by atoms with Gasteiger partial charge in [-0.05, 0) is 61.7 Å². The van der Waals surface area contributed by atoms with Crippen molar-refractivity contribution < 1.29 is 9.59 Å². The van der Waals surface area contributed by atoms with Gasteiger partial charge in [0.05, 0.1) is 5.69 Å². The molecule has 0 aliphatic carbocycles. The molecule has 2 N–H and O–H groups in total. The molecule has 3 aromatic rings. The Morgan fingerprint density at radius 3 is 2.69 bits per heavy atom. The second-order valence-corrected chi connectivity index (χ2v) is 8.79. The highest BCUT2D eigenvalue weighted by Crippen LogP contribution is 2.36. The number of nitrogens with one attached hydrogen (secondary N) is 2. The van der Waals surface area contributed by atoms with Gasteiger partial charge in [-0.15, -0.1) is 11.8 Å². The van der Waals surface area contributed by atoms with E-state index in [0.29, 0.717) is 17.8 Å². The van der Waals surface area contributed by atoms with Gasteiger partial charge in [0.25, 0.3) is 5.91 Å². The number of fused-ring (bicyclic) bond motifs is 1. The van der Waals surface area contributed by atoms with Crippen LogP contribution in [0.15, 0.2) is 59.6 Å². The average molecular weight is 447 g/mol. The van der Waals surface area contributed by atoms with Crippen LogP contribution in [0, 0.1) is 13.8 Å². The normalized spacial score (nSPS) is 12.8. The number of carbonyl (C=O) groups excluding carboxylic acids is 2. The maximum Gasteiger partial charge on any atom is 0.326 e. The Labute approximate surface area is 192 Å². The number of anilines is 3. The Morgan fingerprint density at radius 1 is 1.06 bits per heavy atom. The number of benzene rings is 2. The van der Waals surface area contributed by atoms with Crippen molar-refractivity contribution in [1.29, 1.82) is 0 Å². The van der Waals surface area contributed by atoms with Crippen LogP contribution in [0.2, 0.25) is 0 Å². The monoisotopic (exact) mass is 446 g/mol. The van der Waals surface area contributed by atoms with E-state index in [1.54, 1.807) is 40.9 Å². The predicted octanol–water partition coefficient (Wildman–Crippen LogP) is 5.66. The summed E-state index contributed by atoms with van der Waals surface area (Å²) in [7, 11) is 0. The number of hydrogen-bond donors (Lipinski definition) is 2. The number of thioether (sulfide) groups is 1. The Bertz CT molecular complexity index is 1180. The minimum atomic E-state index is -0.228. The van der Waals surface area contributed by atoms with Crippen molar-refractivity contribution in [1.82, 2.24) is 4.98 Å². The van der Waals surface area contributed by atoms with Crippen molar-refractivity contribution in [3.05, 3.63) is 77.0 Å². The molecule has 1 aliphatic heterocycles. The Morgan fingerprint density at radius 2 is 1.88 bits per heavy atom. The van der Waals surface area contributed by atoms with Gasteiger partial charge in [0.1, 0.15) is 5.03 Å². The number of pyridine rings is 1. The van der Waals surface area contributed by atoms with Gasteiger partial charge in [0, 0.05) is 34.9 Å². The number of urea groups is 1. The van der Waals surface area contributed by atoms with E-state index in [0.717, 1.165) is 45.4 Å². The van der Waals surface area contributed by atoms with E-state index >= 15 is 0 Å². The van der Waals surface area contributed by atoms with Crippen molar-refractivity contribution in [3.8, 4) is 0 Å². The standard InChI is InChI=1S/C25H26N4O2S/c1-4-18-8-5-6-11-21(18)28-23(30)19-9-7-10-20(15-19)27-25(31)29-12-13-32-24-22(29)16(2)14-17(3)26-24/h5-11,14-15H,4,12-13H2,1-3H3,(H,27,31)(H,28,30). The molecule has 6 nitrogen and oxygen atoms in total. The summed E-state index contributed by atoms with van der Waals surface area (Å²) < 4.78 is 0. The Balaban J connectivity index is 1.51. The topological polar surface area (TPSA) is 74.3 Å². The van der Waals surface area contributed by atoms with Crippen LogP contribution in [-0.2, 0) is 6.42 Å². The Kier molecular flexibility index (Phi) is 6.46. The molecule has 0 saturated carbocycles. The van der Waals surface area contributed by atoms with Crippen LogP contribution in [0.3, 0.4) is 0 Å². The molecule has 1 aliphatic rings. The molecule has 2 heterocycles. The fraction of sp³-hybridized carbons (Fsp3) is 0.240. The highest BCUT2D eigenvalue weighted by atomic mass is 32.2. The van der Waals surface area contributed by atoms with Crippen LogP contribution in [-0.4, -0.2) is 29.2 Å². The van der Waals surface area contributed by atoms with E-state index in [4.69, 9.17) is 0 Å². The zero-order chi connectivity index (χ0) is 22.7. The molecule has 0 saturated heterocycles. The fourth-order valence-corrected chi connectivity index (χ4v) is 4.93. The van der Waals surface area contributed by atoms with Crippen molar-refractivity contribution in [3.63, 3.8) is 0 Å². The summed E-state index contributed by atoms with van der Waals surface area (Å²) in [4.78, 5) is 32.2. The molecule has 2 aromatic carbocycles. The van der Waals surface area contributed by atoms with Crippen LogP contribution in [0.5, 0.6) is 0 Å². The quantitative estimate of drug-likeness (QED) is 0.542. The number of nitrogens with zero attached hydrogens (tertiary/aromatic N) is 2. The highest BCUT2D eigenvalue weighted by Gasteiger charge is 2.26. The first-order chi connectivity index (χ1) is 15.5. The lowest BCUT2D eigenvalue weighted by atomic mass is 10.1. The first-order valence-corrected chi connectivity index (χ1v) is 11.6. The summed E-state index contributed by atoms with van der Waals surface area (Å²) in [5.41, 5.74) is 5.76. The molecule has 0 atom stereocenters. The van der Waals surface area contributed by atoms with E-state index in [1.807, 2.05) is 44.2 Å². The van der Waals surface area contributed by atoms with Gasteiger partial charge < -0.3 is 10.6 Å². The molecule has 0 spiro atoms. The first kappa shape index (κ1) is 21.9. The van der Waals surface area contributed by atoms with Crippen LogP contribution in [0.25, 0.3) is 0 Å². The number of carbonyl (C=O) groups is 2. The van der Waals surface area contributed by atoms with Gasteiger partial charge in [-0.2, -0.15) is 0 Å². The van der Waals surface area contributed by atoms with Crippen LogP contribution >= 0.6 is 11.8 Å². The second kappa shape index (κ2) is 9.44. The maximum atomic E-state index is 13.1. The number of rotatable bonds is 4. The molecule has 0 unspecified atom stereocenters. The summed E-state index contributed by atoms with van der Waals surface area (Å²) in [5, 5.41) is 6.80. The highest BCUT2D eigenvalue weighted by molar-refractivity contribution is 7.99. The molecule has 0 fully saturated rings. The van der Waals surface area contributed by atoms with Crippen molar-refractivity contribution >= 4 is 40.8 Å². The third-order valence-electron chi connectivity index (χ3n) is 5.37. The molecular formula is C25H26N4O2S. The van der Waals surface area contributed by atoms with Crippen molar-refractivity contribution in [2.24, 2.45) is 0 Å². The van der Waals surface area contributed by atoms with Crippen molar-refractivity contribution in [2.45, 2.75) is 32.2 Å². The molecule has 1 aromatic heterocycles. The molecule has 32 heavy (non-hydrogen) atoms. The fourth-order valence-electron chi connectivity index (χ4n) is 3.85. The summed E-state index contributed by atoms with van der Waals surface area (Å²) in [6.07, 6.45) is 0.829. The van der Waals surface area contributed by atoms with E-state index in [9.17, 15) is 9.59 Å². The van der Waals surface area contributed by atoms with Gasteiger partial charge >= 0.3 is 6.03 Å². The van der Waals surface area contributed by atoms with E-state index in [-0.39, 0.29) is 11.9 Å². The smallest absolute Gasteiger partial charge is 0.322 e. The molecule has 4 rings (SSSR count). The molecule has 0 bridgehead atoms. The zero-order valence-corrected chi connectivity index (χ0v) is 19.3. The third kappa shape index (κ3) is 4.62. The molecule has 7 heteroatoms. The van der Waals surface area contributed by atoms with Crippen LogP contribution in [0.4, 0.5) is 21.9 Å². The van der Waals surface area contributed by atoms with Crippen LogP contribution < -0.4 is 15.5 Å². The molecule has 0 radical (unpaired) electrons. The SMILES string of the molecule is CCc1ccccc1NC(=O)c1cccc(NC(=O)N2CCSc3nc(C)cc(C)c32)c1. The zero-order valence-electron chi connectivity index (χ0n) is 18.4. The largest absolute Gasteiger partial charge is 0.326 e. The minimum Gasteiger partial charge on any atom is -0.322 e. The van der Waals surface area contributed by atoms with Gasteiger partial charge in [-0.25, -0.2) is 9.78 Å². The van der Waals surface area contributed by atoms with Gasteiger partial charge in [-0.1, -0.05) is 31.2 Å². The van der Waals surface area contributed by atoms with Gasteiger partial charge in [0.15, 0.2) is 0 Å².